The van der Waals surface area contributed by atoms with Crippen LogP contribution in [0.3, 0.4) is 0 Å². The van der Waals surface area contributed by atoms with Gasteiger partial charge >= 0.3 is 0 Å². The van der Waals surface area contributed by atoms with E-state index in [2.05, 4.69) is 25.7 Å². The standard InChI is InChI=1S/C29H32Cl2N4O2S/c1-6-34(23-15-33(16-23)18(4)36)27(37)25-24(17(2)3)35-26(19-7-11-21(30)12-8-19)29(5,32-28(35)38-25)20-9-13-22(31)14-10-20/h7-14,17,23,26H,6,15-16H2,1-5H3/t26-,29?/m1/s1. The first-order chi connectivity index (χ1) is 18.0. The maximum absolute atomic E-state index is 14.0. The number of hydrogen-bond acceptors (Lipinski definition) is 5. The maximum Gasteiger partial charge on any atom is 0.262 e. The van der Waals surface area contributed by atoms with E-state index in [1.165, 1.54) is 11.8 Å². The molecule has 1 saturated heterocycles. The lowest BCUT2D eigenvalue weighted by molar-refractivity contribution is -0.142. The minimum atomic E-state index is -0.601. The van der Waals surface area contributed by atoms with Crippen molar-refractivity contribution >= 4 is 51.9 Å². The second-order valence-electron chi connectivity index (χ2n) is 10.5. The van der Waals surface area contributed by atoms with E-state index in [0.29, 0.717) is 29.7 Å². The highest BCUT2D eigenvalue weighted by Crippen LogP contribution is 2.56. The first-order valence-corrected chi connectivity index (χ1v) is 14.5. The lowest BCUT2D eigenvalue weighted by atomic mass is 9.81. The molecule has 38 heavy (non-hydrogen) atoms. The normalized spacial score (nSPS) is 23.1. The quantitative estimate of drug-likeness (QED) is 0.408. The smallest absolute Gasteiger partial charge is 0.262 e. The van der Waals surface area contributed by atoms with Crippen LogP contribution in [-0.4, -0.2) is 57.4 Å². The molecule has 2 atom stereocenters. The van der Waals surface area contributed by atoms with Gasteiger partial charge < -0.3 is 14.7 Å². The van der Waals surface area contributed by atoms with E-state index in [1.807, 2.05) is 60.4 Å². The fourth-order valence-corrected chi connectivity index (χ4v) is 7.29. The van der Waals surface area contributed by atoms with Crippen molar-refractivity contribution in [3.63, 3.8) is 0 Å². The number of amidine groups is 1. The molecule has 1 unspecified atom stereocenters. The fourth-order valence-electron chi connectivity index (χ4n) is 5.67. The van der Waals surface area contributed by atoms with Crippen LogP contribution in [0.25, 0.3) is 0 Å². The van der Waals surface area contributed by atoms with Crippen LogP contribution in [-0.2, 0) is 15.1 Å². The maximum atomic E-state index is 14.0. The van der Waals surface area contributed by atoms with Crippen molar-refractivity contribution < 1.29 is 9.59 Å². The molecule has 5 rings (SSSR count). The Morgan fingerprint density at radius 3 is 2.18 bits per heavy atom. The van der Waals surface area contributed by atoms with Crippen molar-refractivity contribution in [3.05, 3.63) is 80.3 Å². The number of aliphatic imine (C=N–C) groups is 1. The van der Waals surface area contributed by atoms with Gasteiger partial charge in [-0.15, -0.1) is 0 Å². The Morgan fingerprint density at radius 2 is 1.66 bits per heavy atom. The number of fused-ring (bicyclic) bond motifs is 1. The number of thioether (sulfide) groups is 1. The molecule has 0 aliphatic carbocycles. The zero-order valence-electron chi connectivity index (χ0n) is 22.2. The molecule has 0 saturated carbocycles. The van der Waals surface area contributed by atoms with Gasteiger partial charge in [-0.3, -0.25) is 9.59 Å². The average Bonchev–Trinajstić information content (AvgIpc) is 3.34. The van der Waals surface area contributed by atoms with E-state index in [9.17, 15) is 9.59 Å². The van der Waals surface area contributed by atoms with Gasteiger partial charge in [-0.25, -0.2) is 4.99 Å². The van der Waals surface area contributed by atoms with E-state index < -0.39 is 5.54 Å². The summed E-state index contributed by atoms with van der Waals surface area (Å²) in [6, 6.07) is 15.6. The molecule has 2 aromatic rings. The topological polar surface area (TPSA) is 56.2 Å². The van der Waals surface area contributed by atoms with E-state index in [1.54, 1.807) is 11.8 Å². The number of halogens is 2. The zero-order chi connectivity index (χ0) is 27.4. The van der Waals surface area contributed by atoms with E-state index >= 15 is 0 Å². The molecule has 0 spiro atoms. The molecule has 0 radical (unpaired) electrons. The van der Waals surface area contributed by atoms with Crippen molar-refractivity contribution in [1.82, 2.24) is 14.7 Å². The first-order valence-electron chi connectivity index (χ1n) is 12.9. The molecular formula is C29H32Cl2N4O2S. The van der Waals surface area contributed by atoms with E-state index in [-0.39, 0.29) is 29.8 Å². The van der Waals surface area contributed by atoms with Gasteiger partial charge in [0.05, 0.1) is 12.1 Å². The second kappa shape index (κ2) is 10.2. The molecule has 200 valence electrons. The summed E-state index contributed by atoms with van der Waals surface area (Å²) in [4.78, 5) is 37.7. The Hall–Kier alpha value is -2.48. The molecule has 1 fully saturated rings. The van der Waals surface area contributed by atoms with Gasteiger partial charge in [0.2, 0.25) is 5.91 Å². The van der Waals surface area contributed by atoms with Gasteiger partial charge in [-0.05, 0) is 66.9 Å². The number of benzene rings is 2. The fraction of sp³-hybridized carbons (Fsp3) is 0.414. The number of likely N-dealkylation sites (tertiary alicyclic amines) is 1. The van der Waals surface area contributed by atoms with Gasteiger partial charge in [-0.1, -0.05) is 61.3 Å². The number of carbonyl (C=O) groups excluding carboxylic acids is 2. The summed E-state index contributed by atoms with van der Waals surface area (Å²) >= 11 is 13.9. The van der Waals surface area contributed by atoms with Gasteiger partial charge in [0, 0.05) is 42.3 Å². The number of rotatable bonds is 6. The van der Waals surface area contributed by atoms with Crippen LogP contribution >= 0.6 is 35.0 Å². The molecule has 3 heterocycles. The Balaban J connectivity index is 1.57. The van der Waals surface area contributed by atoms with Crippen LogP contribution in [0.15, 0.2) is 64.1 Å². The number of allylic oxidation sites excluding steroid dienone is 1. The van der Waals surface area contributed by atoms with Gasteiger partial charge in [0.1, 0.15) is 10.4 Å². The summed E-state index contributed by atoms with van der Waals surface area (Å²) in [6.45, 7) is 11.7. The number of amides is 2. The first kappa shape index (κ1) is 27.1. The van der Waals surface area contributed by atoms with Crippen molar-refractivity contribution in [2.24, 2.45) is 10.9 Å². The van der Waals surface area contributed by atoms with Gasteiger partial charge in [0.25, 0.3) is 5.91 Å². The largest absolute Gasteiger partial charge is 0.339 e. The summed E-state index contributed by atoms with van der Waals surface area (Å²) in [5.41, 5.74) is 2.50. The van der Waals surface area contributed by atoms with Crippen LogP contribution in [0.2, 0.25) is 10.0 Å². The van der Waals surface area contributed by atoms with Gasteiger partial charge in [-0.2, -0.15) is 0 Å². The van der Waals surface area contributed by atoms with Gasteiger partial charge in [0.15, 0.2) is 5.17 Å². The highest BCUT2D eigenvalue weighted by Gasteiger charge is 2.53. The summed E-state index contributed by atoms with van der Waals surface area (Å²) in [7, 11) is 0. The lowest BCUT2D eigenvalue weighted by Gasteiger charge is -2.45. The molecule has 2 amide bonds. The zero-order valence-corrected chi connectivity index (χ0v) is 24.6. The molecule has 6 nitrogen and oxygen atoms in total. The highest BCUT2D eigenvalue weighted by atomic mass is 35.5. The minimum Gasteiger partial charge on any atom is -0.339 e. The van der Waals surface area contributed by atoms with Crippen LogP contribution in [0.5, 0.6) is 0 Å². The summed E-state index contributed by atoms with van der Waals surface area (Å²) in [5.74, 6) is 0.143. The lowest BCUT2D eigenvalue weighted by Crippen LogP contribution is -2.62. The third-order valence-corrected chi connectivity index (χ3v) is 9.28. The molecule has 0 aromatic heterocycles. The number of hydrogen-bond donors (Lipinski definition) is 0. The van der Waals surface area contributed by atoms with E-state index in [4.69, 9.17) is 28.2 Å². The molecule has 3 aliphatic rings. The number of nitrogens with zero attached hydrogens (tertiary/aromatic N) is 4. The Labute approximate surface area is 238 Å². The van der Waals surface area contributed by atoms with Crippen molar-refractivity contribution in [1.29, 1.82) is 0 Å². The Morgan fingerprint density at radius 1 is 1.08 bits per heavy atom. The molecule has 3 aliphatic heterocycles. The predicted octanol–water partition coefficient (Wildman–Crippen LogP) is 6.32. The number of carbonyl (C=O) groups is 2. The molecule has 0 N–H and O–H groups in total. The summed E-state index contributed by atoms with van der Waals surface area (Å²) < 4.78 is 0. The number of likely N-dealkylation sites (N-methyl/N-ethyl adjacent to an activating group) is 1. The summed E-state index contributed by atoms with van der Waals surface area (Å²) in [5, 5.41) is 2.17. The predicted molar refractivity (Wildman–Crippen MR) is 155 cm³/mol. The SMILES string of the molecule is CCN(C(=O)C1=C(C(C)C)N2C(=NC(C)(c3ccc(Cl)cc3)[C@H]2c2ccc(Cl)cc2)S1)C1CN(C(C)=O)C1. The second-order valence-corrected chi connectivity index (χ2v) is 12.4. The van der Waals surface area contributed by atoms with Crippen molar-refractivity contribution in [3.8, 4) is 0 Å². The van der Waals surface area contributed by atoms with Crippen molar-refractivity contribution in [2.75, 3.05) is 19.6 Å². The highest BCUT2D eigenvalue weighted by molar-refractivity contribution is 8.18. The molecule has 9 heteroatoms. The minimum absolute atomic E-state index is 0.00885. The third kappa shape index (κ3) is 4.52. The third-order valence-electron chi connectivity index (χ3n) is 7.72. The molecule has 0 bridgehead atoms. The van der Waals surface area contributed by atoms with Crippen LogP contribution in [0.1, 0.15) is 51.8 Å². The average molecular weight is 572 g/mol. The van der Waals surface area contributed by atoms with Crippen molar-refractivity contribution in [2.45, 2.75) is 52.2 Å². The summed E-state index contributed by atoms with van der Waals surface area (Å²) in [6.07, 6.45) is 0. The Kier molecular flexibility index (Phi) is 7.31. The van der Waals surface area contributed by atoms with Crippen LogP contribution in [0, 0.1) is 5.92 Å². The van der Waals surface area contributed by atoms with Crippen LogP contribution < -0.4 is 0 Å². The Bertz CT molecular complexity index is 1320. The van der Waals surface area contributed by atoms with E-state index in [0.717, 1.165) is 26.9 Å². The van der Waals surface area contributed by atoms with Crippen LogP contribution in [0.4, 0.5) is 0 Å². The molecule has 2 aromatic carbocycles. The monoisotopic (exact) mass is 570 g/mol. The molecular weight excluding hydrogens is 539 g/mol.